The number of nitrogens with zero attached hydrogens (tertiary/aromatic N) is 2. The molecule has 0 aliphatic heterocycles. The van der Waals surface area contributed by atoms with Crippen molar-refractivity contribution in [2.45, 2.75) is 32.1 Å². The molecule has 4 nitrogen and oxygen atoms in total. The van der Waals surface area contributed by atoms with Crippen LogP contribution >= 0.6 is 0 Å². The average molecular weight is 265 g/mol. The van der Waals surface area contributed by atoms with Gasteiger partial charge in [-0.05, 0) is 48.9 Å². The molecule has 0 atom stereocenters. The molecule has 0 amide bonds. The summed E-state index contributed by atoms with van der Waals surface area (Å²) in [7, 11) is 0. The van der Waals surface area contributed by atoms with E-state index in [0.717, 1.165) is 24.1 Å². The van der Waals surface area contributed by atoms with Crippen molar-refractivity contribution in [2.24, 2.45) is 0 Å². The summed E-state index contributed by atoms with van der Waals surface area (Å²) < 4.78 is 0. The standard InChI is InChI=1S/C16H15N3O/c17-8-7-14-10-15(18-19-16(14)20)13-6-5-11-3-1-2-4-12(11)9-13/h5-6,9-10H,1-4,7H2,(H,19,20). The molecule has 0 unspecified atom stereocenters. The smallest absolute Gasteiger partial charge is 0.268 e. The van der Waals surface area contributed by atoms with Crippen molar-refractivity contribution in [1.82, 2.24) is 10.2 Å². The van der Waals surface area contributed by atoms with Gasteiger partial charge in [-0.2, -0.15) is 10.4 Å². The van der Waals surface area contributed by atoms with Crippen molar-refractivity contribution in [2.75, 3.05) is 0 Å². The van der Waals surface area contributed by atoms with Crippen LogP contribution in [0.1, 0.15) is 29.5 Å². The van der Waals surface area contributed by atoms with Crippen LogP contribution in [0.25, 0.3) is 11.3 Å². The van der Waals surface area contributed by atoms with Gasteiger partial charge in [0.2, 0.25) is 0 Å². The van der Waals surface area contributed by atoms with Crippen LogP contribution in [0.2, 0.25) is 0 Å². The summed E-state index contributed by atoms with van der Waals surface area (Å²) in [5.74, 6) is 0. The fourth-order valence-electron chi connectivity index (χ4n) is 2.70. The highest BCUT2D eigenvalue weighted by Gasteiger charge is 2.11. The Balaban J connectivity index is 2.03. The SMILES string of the molecule is N#CCc1cc(-c2ccc3c(c2)CCCC3)n[nH]c1=O. The second-order valence-corrected chi connectivity index (χ2v) is 5.13. The minimum Gasteiger partial charge on any atom is -0.268 e. The van der Waals surface area contributed by atoms with Crippen molar-refractivity contribution in [3.8, 4) is 17.3 Å². The highest BCUT2D eigenvalue weighted by molar-refractivity contribution is 5.61. The molecule has 4 heteroatoms. The summed E-state index contributed by atoms with van der Waals surface area (Å²) in [5.41, 5.74) is 4.71. The summed E-state index contributed by atoms with van der Waals surface area (Å²) in [5, 5.41) is 15.3. The Hall–Kier alpha value is -2.41. The zero-order valence-corrected chi connectivity index (χ0v) is 11.1. The molecule has 20 heavy (non-hydrogen) atoms. The lowest BCUT2D eigenvalue weighted by Crippen LogP contribution is -2.14. The van der Waals surface area contributed by atoms with Gasteiger partial charge in [0, 0.05) is 11.1 Å². The summed E-state index contributed by atoms with van der Waals surface area (Å²) in [4.78, 5) is 11.6. The van der Waals surface area contributed by atoms with Crippen molar-refractivity contribution in [3.63, 3.8) is 0 Å². The first-order valence-electron chi connectivity index (χ1n) is 6.85. The van der Waals surface area contributed by atoms with Crippen molar-refractivity contribution < 1.29 is 0 Å². The van der Waals surface area contributed by atoms with E-state index in [2.05, 4.69) is 22.3 Å². The molecule has 1 aromatic carbocycles. The first kappa shape index (κ1) is 12.6. The zero-order chi connectivity index (χ0) is 13.9. The third kappa shape index (κ3) is 2.35. The molecule has 1 N–H and O–H groups in total. The van der Waals surface area contributed by atoms with Gasteiger partial charge in [0.05, 0.1) is 18.2 Å². The van der Waals surface area contributed by atoms with E-state index in [0.29, 0.717) is 5.56 Å². The average Bonchev–Trinajstić information content (AvgIpc) is 2.49. The summed E-state index contributed by atoms with van der Waals surface area (Å²) in [6.45, 7) is 0. The van der Waals surface area contributed by atoms with Crippen molar-refractivity contribution in [3.05, 3.63) is 51.3 Å². The lowest BCUT2D eigenvalue weighted by atomic mass is 9.90. The number of fused-ring (bicyclic) bond motifs is 1. The Kier molecular flexibility index (Phi) is 3.34. The second-order valence-electron chi connectivity index (χ2n) is 5.13. The van der Waals surface area contributed by atoms with E-state index >= 15 is 0 Å². The monoisotopic (exact) mass is 265 g/mol. The highest BCUT2D eigenvalue weighted by Crippen LogP contribution is 2.26. The Bertz CT molecular complexity index is 740. The molecule has 3 rings (SSSR count). The Morgan fingerprint density at radius 1 is 1.20 bits per heavy atom. The third-order valence-electron chi connectivity index (χ3n) is 3.79. The van der Waals surface area contributed by atoms with Crippen LogP contribution in [0.15, 0.2) is 29.1 Å². The molecule has 0 radical (unpaired) electrons. The number of aromatic amines is 1. The largest absolute Gasteiger partial charge is 0.268 e. The van der Waals surface area contributed by atoms with E-state index in [1.165, 1.54) is 24.0 Å². The van der Waals surface area contributed by atoms with E-state index in [1.54, 1.807) is 6.07 Å². The number of H-pyrrole nitrogens is 1. The van der Waals surface area contributed by atoms with Gasteiger partial charge in [-0.25, -0.2) is 5.10 Å². The molecule has 2 aromatic rings. The van der Waals surface area contributed by atoms with E-state index in [-0.39, 0.29) is 12.0 Å². The highest BCUT2D eigenvalue weighted by atomic mass is 16.1. The topological polar surface area (TPSA) is 69.5 Å². The van der Waals surface area contributed by atoms with Crippen LogP contribution < -0.4 is 5.56 Å². The number of hydrogen-bond acceptors (Lipinski definition) is 3. The lowest BCUT2D eigenvalue weighted by molar-refractivity contribution is 0.686. The molecule has 0 bridgehead atoms. The summed E-state index contributed by atoms with van der Waals surface area (Å²) >= 11 is 0. The number of benzene rings is 1. The van der Waals surface area contributed by atoms with E-state index in [4.69, 9.17) is 5.26 Å². The predicted molar refractivity (Wildman–Crippen MR) is 76.3 cm³/mol. The van der Waals surface area contributed by atoms with Gasteiger partial charge in [-0.1, -0.05) is 12.1 Å². The molecule has 0 saturated heterocycles. The predicted octanol–water partition coefficient (Wildman–Crippen LogP) is 2.38. The van der Waals surface area contributed by atoms with E-state index in [9.17, 15) is 4.79 Å². The Labute approximate surface area is 117 Å². The molecule has 0 fully saturated rings. The van der Waals surface area contributed by atoms with Gasteiger partial charge in [-0.3, -0.25) is 4.79 Å². The van der Waals surface area contributed by atoms with Gasteiger partial charge < -0.3 is 0 Å². The third-order valence-corrected chi connectivity index (χ3v) is 3.79. The maximum atomic E-state index is 11.6. The van der Waals surface area contributed by atoms with Gasteiger partial charge in [0.15, 0.2) is 0 Å². The molecule has 1 aliphatic rings. The molecular formula is C16H15N3O. The van der Waals surface area contributed by atoms with Crippen molar-refractivity contribution in [1.29, 1.82) is 5.26 Å². The minimum atomic E-state index is -0.284. The normalized spacial score (nSPS) is 13.6. The fraction of sp³-hybridized carbons (Fsp3) is 0.312. The van der Waals surface area contributed by atoms with Crippen LogP contribution in [0.3, 0.4) is 0 Å². The summed E-state index contributed by atoms with van der Waals surface area (Å²) in [6.07, 6.45) is 4.85. The van der Waals surface area contributed by atoms with E-state index < -0.39 is 0 Å². The number of rotatable bonds is 2. The number of nitrogens with one attached hydrogen (secondary N) is 1. The van der Waals surface area contributed by atoms with Crippen LogP contribution in [0.5, 0.6) is 0 Å². The molecule has 0 spiro atoms. The van der Waals surface area contributed by atoms with Gasteiger partial charge >= 0.3 is 0 Å². The maximum absolute atomic E-state index is 11.6. The van der Waals surface area contributed by atoms with Crippen LogP contribution in [0, 0.1) is 11.3 Å². The molecule has 1 aromatic heterocycles. The van der Waals surface area contributed by atoms with Crippen LogP contribution in [-0.4, -0.2) is 10.2 Å². The van der Waals surface area contributed by atoms with Crippen molar-refractivity contribution >= 4 is 0 Å². The Morgan fingerprint density at radius 3 is 2.80 bits per heavy atom. The zero-order valence-electron chi connectivity index (χ0n) is 11.1. The van der Waals surface area contributed by atoms with Crippen LogP contribution in [0.4, 0.5) is 0 Å². The van der Waals surface area contributed by atoms with E-state index in [1.807, 2.05) is 12.1 Å². The summed E-state index contributed by atoms with van der Waals surface area (Å²) in [6, 6.07) is 10.1. The first-order valence-corrected chi connectivity index (χ1v) is 6.85. The number of aryl methyl sites for hydroxylation is 2. The molecule has 1 aliphatic carbocycles. The lowest BCUT2D eigenvalue weighted by Gasteiger charge is -2.16. The van der Waals surface area contributed by atoms with Crippen LogP contribution in [-0.2, 0) is 19.3 Å². The molecule has 100 valence electrons. The fourth-order valence-corrected chi connectivity index (χ4v) is 2.70. The number of aromatic nitrogens is 2. The quantitative estimate of drug-likeness (QED) is 0.906. The van der Waals surface area contributed by atoms with Gasteiger partial charge in [-0.15, -0.1) is 0 Å². The molecular weight excluding hydrogens is 250 g/mol. The molecule has 1 heterocycles. The number of nitriles is 1. The van der Waals surface area contributed by atoms with Gasteiger partial charge in [0.1, 0.15) is 0 Å². The van der Waals surface area contributed by atoms with Gasteiger partial charge in [0.25, 0.3) is 5.56 Å². The minimum absolute atomic E-state index is 0.107. The first-order chi connectivity index (χ1) is 9.78. The molecule has 0 saturated carbocycles. The number of hydrogen-bond donors (Lipinski definition) is 1. The second kappa shape index (κ2) is 5.30. The maximum Gasteiger partial charge on any atom is 0.268 e. The Morgan fingerprint density at radius 2 is 2.00 bits per heavy atom.